The summed E-state index contributed by atoms with van der Waals surface area (Å²) < 4.78 is 0. The van der Waals surface area contributed by atoms with Crippen LogP contribution in [0.25, 0.3) is 0 Å². The third kappa shape index (κ3) is 2.84. The van der Waals surface area contributed by atoms with E-state index < -0.39 is 0 Å². The van der Waals surface area contributed by atoms with Crippen LogP contribution in [0.15, 0.2) is 18.3 Å². The lowest BCUT2D eigenvalue weighted by Gasteiger charge is -2.09. The molecule has 1 aromatic rings. The third-order valence-corrected chi connectivity index (χ3v) is 3.18. The van der Waals surface area contributed by atoms with Crippen LogP contribution >= 0.6 is 23.4 Å². The molecule has 1 aromatic heterocycles. The van der Waals surface area contributed by atoms with Crippen molar-refractivity contribution in [3.63, 3.8) is 0 Å². The van der Waals surface area contributed by atoms with Crippen LogP contribution in [0, 0.1) is 0 Å². The Bertz CT molecular complexity index is 368. The van der Waals surface area contributed by atoms with Gasteiger partial charge in [-0.15, -0.1) is 11.8 Å². The number of carbonyl (C=O) groups is 1. The Kier molecular flexibility index (Phi) is 3.45. The van der Waals surface area contributed by atoms with E-state index in [1.165, 1.54) is 0 Å². The van der Waals surface area contributed by atoms with Crippen LogP contribution in [-0.2, 0) is 4.79 Å². The number of nitrogens with one attached hydrogen (secondary N) is 2. The molecule has 1 amide bonds. The topological polar surface area (TPSA) is 54.0 Å². The van der Waals surface area contributed by atoms with E-state index >= 15 is 0 Å². The van der Waals surface area contributed by atoms with Gasteiger partial charge in [-0.05, 0) is 12.1 Å². The smallest absolute Gasteiger partial charge is 0.243 e. The number of amides is 1. The summed E-state index contributed by atoms with van der Waals surface area (Å²) in [5.74, 6) is 2.05. The fourth-order valence-electron chi connectivity index (χ4n) is 1.25. The van der Waals surface area contributed by atoms with E-state index in [9.17, 15) is 4.79 Å². The van der Waals surface area contributed by atoms with E-state index in [4.69, 9.17) is 11.6 Å². The Labute approximate surface area is 96.8 Å². The van der Waals surface area contributed by atoms with Crippen molar-refractivity contribution in [2.24, 2.45) is 0 Å². The summed E-state index contributed by atoms with van der Waals surface area (Å²) in [5, 5.41) is 6.36. The number of hydrogen-bond acceptors (Lipinski definition) is 4. The molecule has 0 bridgehead atoms. The van der Waals surface area contributed by atoms with Crippen molar-refractivity contribution in [2.45, 2.75) is 6.04 Å². The van der Waals surface area contributed by atoms with Crippen molar-refractivity contribution < 1.29 is 4.79 Å². The molecule has 1 fully saturated rings. The molecule has 1 aliphatic rings. The van der Waals surface area contributed by atoms with Gasteiger partial charge in [-0.1, -0.05) is 11.6 Å². The van der Waals surface area contributed by atoms with Crippen molar-refractivity contribution >= 4 is 35.1 Å². The monoisotopic (exact) mass is 243 g/mol. The molecule has 0 saturated carbocycles. The average molecular weight is 244 g/mol. The minimum atomic E-state index is -0.129. The third-order valence-electron chi connectivity index (χ3n) is 2.01. The van der Waals surface area contributed by atoms with E-state index in [1.807, 2.05) is 0 Å². The molecule has 1 aliphatic heterocycles. The summed E-state index contributed by atoms with van der Waals surface area (Å²) in [7, 11) is 0. The molecule has 1 unspecified atom stereocenters. The minimum Gasteiger partial charge on any atom is -0.309 e. The van der Waals surface area contributed by atoms with Crippen LogP contribution in [-0.4, -0.2) is 28.6 Å². The molecule has 0 spiro atoms. The number of halogens is 1. The van der Waals surface area contributed by atoms with Gasteiger partial charge in [-0.2, -0.15) is 0 Å². The molecule has 1 saturated heterocycles. The molecular weight excluding hydrogens is 234 g/mol. The molecule has 0 aliphatic carbocycles. The van der Waals surface area contributed by atoms with Crippen LogP contribution in [0.1, 0.15) is 0 Å². The van der Waals surface area contributed by atoms with Gasteiger partial charge in [-0.3, -0.25) is 10.1 Å². The number of thioether (sulfide) groups is 1. The first kappa shape index (κ1) is 10.7. The van der Waals surface area contributed by atoms with Crippen molar-refractivity contribution in [3.05, 3.63) is 23.4 Å². The summed E-state index contributed by atoms with van der Waals surface area (Å²) in [4.78, 5) is 15.7. The highest BCUT2D eigenvalue weighted by Crippen LogP contribution is 2.14. The predicted octanol–water partition coefficient (Wildman–Crippen LogP) is 1.34. The quantitative estimate of drug-likeness (QED) is 0.823. The number of nitrogens with zero attached hydrogens (tertiary/aromatic N) is 1. The van der Waals surface area contributed by atoms with Crippen LogP contribution in [0.2, 0.25) is 5.02 Å². The number of hydrogen-bond donors (Lipinski definition) is 2. The average Bonchev–Trinajstić information content (AvgIpc) is 2.70. The van der Waals surface area contributed by atoms with Gasteiger partial charge < -0.3 is 5.32 Å². The van der Waals surface area contributed by atoms with Gasteiger partial charge in [0.25, 0.3) is 0 Å². The molecule has 80 valence electrons. The first-order valence-electron chi connectivity index (χ1n) is 4.49. The van der Waals surface area contributed by atoms with Gasteiger partial charge >= 0.3 is 0 Å². The second-order valence-electron chi connectivity index (χ2n) is 3.12. The second-order valence-corrected chi connectivity index (χ2v) is 4.59. The highest BCUT2D eigenvalue weighted by atomic mass is 35.5. The summed E-state index contributed by atoms with van der Waals surface area (Å²) in [6.07, 6.45) is 1.56. The lowest BCUT2D eigenvalue weighted by atomic mass is 10.3. The Morgan fingerprint density at radius 2 is 2.60 bits per heavy atom. The van der Waals surface area contributed by atoms with Gasteiger partial charge in [0.15, 0.2) is 0 Å². The zero-order chi connectivity index (χ0) is 10.7. The normalized spacial score (nSPS) is 20.2. The highest BCUT2D eigenvalue weighted by molar-refractivity contribution is 7.99. The molecule has 1 atom stereocenters. The van der Waals surface area contributed by atoms with Gasteiger partial charge in [-0.25, -0.2) is 4.98 Å². The van der Waals surface area contributed by atoms with Crippen molar-refractivity contribution in [1.82, 2.24) is 10.3 Å². The van der Waals surface area contributed by atoms with Crippen LogP contribution in [0.3, 0.4) is 0 Å². The van der Waals surface area contributed by atoms with Gasteiger partial charge in [0.05, 0.1) is 6.04 Å². The first-order chi connectivity index (χ1) is 7.25. The summed E-state index contributed by atoms with van der Waals surface area (Å²) in [5.41, 5.74) is 0. The Morgan fingerprint density at radius 3 is 3.27 bits per heavy atom. The van der Waals surface area contributed by atoms with E-state index in [-0.39, 0.29) is 11.9 Å². The fraction of sp³-hybridized carbons (Fsp3) is 0.333. The molecule has 2 heterocycles. The lowest BCUT2D eigenvalue weighted by molar-refractivity contribution is -0.117. The molecule has 4 nitrogen and oxygen atoms in total. The van der Waals surface area contributed by atoms with Crippen LogP contribution < -0.4 is 10.6 Å². The molecule has 6 heteroatoms. The predicted molar refractivity (Wildman–Crippen MR) is 62.1 cm³/mol. The Hall–Kier alpha value is -0.780. The summed E-state index contributed by atoms with van der Waals surface area (Å²) in [6, 6.07) is 3.17. The second kappa shape index (κ2) is 4.83. The number of pyridine rings is 1. The van der Waals surface area contributed by atoms with Crippen LogP contribution in [0.5, 0.6) is 0 Å². The van der Waals surface area contributed by atoms with E-state index in [0.717, 1.165) is 11.6 Å². The molecule has 15 heavy (non-hydrogen) atoms. The van der Waals surface area contributed by atoms with Gasteiger partial charge in [0.2, 0.25) is 5.91 Å². The fourth-order valence-corrected chi connectivity index (χ4v) is 2.35. The van der Waals surface area contributed by atoms with E-state index in [1.54, 1.807) is 30.1 Å². The van der Waals surface area contributed by atoms with Crippen molar-refractivity contribution in [3.8, 4) is 0 Å². The summed E-state index contributed by atoms with van der Waals surface area (Å²) in [6.45, 7) is 0. The van der Waals surface area contributed by atoms with Gasteiger partial charge in [0, 0.05) is 22.8 Å². The first-order valence-corrected chi connectivity index (χ1v) is 6.02. The molecule has 0 aromatic carbocycles. The maximum Gasteiger partial charge on any atom is 0.243 e. The van der Waals surface area contributed by atoms with Crippen molar-refractivity contribution in [2.75, 3.05) is 16.9 Å². The molecular formula is C9H10ClN3OS. The number of rotatable bonds is 2. The van der Waals surface area contributed by atoms with Crippen molar-refractivity contribution in [1.29, 1.82) is 0 Å². The maximum absolute atomic E-state index is 11.7. The number of anilines is 1. The standard InChI is InChI=1S/C9H10ClN3OS/c10-6-1-2-11-8(3-6)13-9(14)7-4-15-5-12-7/h1-3,7,12H,4-5H2,(H,11,13,14). The summed E-state index contributed by atoms with van der Waals surface area (Å²) >= 11 is 7.48. The Morgan fingerprint density at radius 1 is 1.73 bits per heavy atom. The Balaban J connectivity index is 1.99. The van der Waals surface area contributed by atoms with Crippen LogP contribution in [0.4, 0.5) is 5.82 Å². The van der Waals surface area contributed by atoms with E-state index in [0.29, 0.717) is 10.8 Å². The zero-order valence-corrected chi connectivity index (χ0v) is 9.44. The maximum atomic E-state index is 11.7. The number of aromatic nitrogens is 1. The van der Waals surface area contributed by atoms with Gasteiger partial charge in [0.1, 0.15) is 5.82 Å². The largest absolute Gasteiger partial charge is 0.309 e. The molecule has 2 rings (SSSR count). The van der Waals surface area contributed by atoms with E-state index in [2.05, 4.69) is 15.6 Å². The highest BCUT2D eigenvalue weighted by Gasteiger charge is 2.22. The molecule has 0 radical (unpaired) electrons. The minimum absolute atomic E-state index is 0.0604. The lowest BCUT2D eigenvalue weighted by Crippen LogP contribution is -2.37. The zero-order valence-electron chi connectivity index (χ0n) is 7.87. The molecule has 2 N–H and O–H groups in total. The SMILES string of the molecule is O=C(Nc1cc(Cl)ccn1)C1CSCN1. The number of carbonyl (C=O) groups excluding carboxylic acids is 1.